The molecule has 1 heterocycles. The van der Waals surface area contributed by atoms with E-state index in [1.165, 1.54) is 18.2 Å². The standard InChI is InChI=1S/C19H16Cl2FNO3/c1-10(14-7-17(22)16(21)8-15(14)20)23-9-11-5-19(24)26-18-6-12(25-2)3-4-13(11)18/h3-8,10,23H,9H2,1-2H3/p+1/t10-/m1/s1. The smallest absolute Gasteiger partial charge is 0.336 e. The molecule has 3 rings (SSSR count). The van der Waals surface area contributed by atoms with Crippen molar-refractivity contribution in [2.75, 3.05) is 7.11 Å². The summed E-state index contributed by atoms with van der Waals surface area (Å²) < 4.78 is 24.2. The summed E-state index contributed by atoms with van der Waals surface area (Å²) >= 11 is 11.9. The molecule has 136 valence electrons. The predicted molar refractivity (Wildman–Crippen MR) is 99.5 cm³/mol. The zero-order chi connectivity index (χ0) is 18.8. The van der Waals surface area contributed by atoms with Crippen LogP contribution in [-0.4, -0.2) is 7.11 Å². The van der Waals surface area contributed by atoms with Crippen LogP contribution in [-0.2, 0) is 6.54 Å². The van der Waals surface area contributed by atoms with E-state index in [0.717, 1.165) is 10.9 Å². The Balaban J connectivity index is 1.88. The molecule has 1 aromatic heterocycles. The van der Waals surface area contributed by atoms with Gasteiger partial charge in [0.05, 0.1) is 17.2 Å². The maximum atomic E-state index is 13.7. The highest BCUT2D eigenvalue weighted by atomic mass is 35.5. The van der Waals surface area contributed by atoms with E-state index in [-0.39, 0.29) is 11.1 Å². The van der Waals surface area contributed by atoms with Gasteiger partial charge in [-0.3, -0.25) is 0 Å². The second kappa shape index (κ2) is 7.66. The van der Waals surface area contributed by atoms with E-state index in [1.54, 1.807) is 19.2 Å². The zero-order valence-electron chi connectivity index (χ0n) is 14.2. The Kier molecular flexibility index (Phi) is 5.51. The van der Waals surface area contributed by atoms with Crippen molar-refractivity contribution < 1.29 is 18.9 Å². The Bertz CT molecular complexity index is 1020. The molecule has 0 saturated heterocycles. The molecule has 0 spiro atoms. The Morgan fingerprint density at radius 3 is 2.69 bits per heavy atom. The molecule has 0 aliphatic rings. The molecule has 26 heavy (non-hydrogen) atoms. The van der Waals surface area contributed by atoms with E-state index in [4.69, 9.17) is 32.4 Å². The van der Waals surface area contributed by atoms with Crippen LogP contribution in [0.25, 0.3) is 11.0 Å². The minimum absolute atomic E-state index is 0.00782. The van der Waals surface area contributed by atoms with Crippen molar-refractivity contribution in [3.05, 3.63) is 73.8 Å². The van der Waals surface area contributed by atoms with Gasteiger partial charge in [0.1, 0.15) is 29.7 Å². The van der Waals surface area contributed by atoms with Gasteiger partial charge < -0.3 is 14.5 Å². The number of quaternary nitrogens is 1. The molecular weight excluding hydrogens is 380 g/mol. The third-order valence-corrected chi connectivity index (χ3v) is 4.88. The van der Waals surface area contributed by atoms with Crippen molar-refractivity contribution in [1.82, 2.24) is 0 Å². The Hall–Kier alpha value is -2.08. The van der Waals surface area contributed by atoms with Gasteiger partial charge in [0.15, 0.2) is 0 Å². The summed E-state index contributed by atoms with van der Waals surface area (Å²) in [5, 5.41) is 3.18. The van der Waals surface area contributed by atoms with Crippen LogP contribution in [0.2, 0.25) is 10.0 Å². The first kappa shape index (κ1) is 18.7. The molecular formula is C19H17Cl2FNO3+. The number of hydrogen-bond donors (Lipinski definition) is 1. The van der Waals surface area contributed by atoms with Gasteiger partial charge in [-0.2, -0.15) is 0 Å². The molecule has 0 fully saturated rings. The highest BCUT2D eigenvalue weighted by Crippen LogP contribution is 2.27. The van der Waals surface area contributed by atoms with Gasteiger partial charge in [0.2, 0.25) is 0 Å². The second-order valence-electron chi connectivity index (χ2n) is 5.97. The summed E-state index contributed by atoms with van der Waals surface area (Å²) in [7, 11) is 1.55. The normalized spacial score (nSPS) is 12.3. The molecule has 0 aliphatic carbocycles. The van der Waals surface area contributed by atoms with E-state index in [1.807, 2.05) is 18.3 Å². The van der Waals surface area contributed by atoms with E-state index >= 15 is 0 Å². The number of hydrogen-bond acceptors (Lipinski definition) is 3. The fourth-order valence-corrected chi connectivity index (χ4v) is 3.38. The summed E-state index contributed by atoms with van der Waals surface area (Å²) in [5.41, 5.74) is 1.49. The maximum Gasteiger partial charge on any atom is 0.336 e. The lowest BCUT2D eigenvalue weighted by Crippen LogP contribution is -2.83. The minimum Gasteiger partial charge on any atom is -0.497 e. The lowest BCUT2D eigenvalue weighted by molar-refractivity contribution is -0.707. The van der Waals surface area contributed by atoms with Gasteiger partial charge in [-0.1, -0.05) is 23.2 Å². The number of nitrogens with two attached hydrogens (primary N) is 1. The fourth-order valence-electron chi connectivity index (χ4n) is 2.82. The molecule has 0 radical (unpaired) electrons. The van der Waals surface area contributed by atoms with Gasteiger partial charge in [0, 0.05) is 28.6 Å². The predicted octanol–water partition coefficient (Wildman–Crippen LogP) is 4.07. The number of fused-ring (bicyclic) bond motifs is 1. The van der Waals surface area contributed by atoms with Crippen molar-refractivity contribution in [2.24, 2.45) is 0 Å². The third-order valence-electron chi connectivity index (χ3n) is 4.26. The largest absolute Gasteiger partial charge is 0.497 e. The van der Waals surface area contributed by atoms with Crippen LogP contribution in [0.5, 0.6) is 5.75 Å². The molecule has 0 bridgehead atoms. The van der Waals surface area contributed by atoms with Crippen LogP contribution in [0.3, 0.4) is 0 Å². The SMILES string of the molecule is COc1ccc2c(C[NH2+][C@H](C)c3cc(F)c(Cl)cc3Cl)cc(=O)oc2c1. The van der Waals surface area contributed by atoms with Crippen molar-refractivity contribution in [2.45, 2.75) is 19.5 Å². The second-order valence-corrected chi connectivity index (χ2v) is 6.78. The van der Waals surface area contributed by atoms with E-state index < -0.39 is 11.4 Å². The fraction of sp³-hybridized carbons (Fsp3) is 0.211. The van der Waals surface area contributed by atoms with E-state index in [9.17, 15) is 9.18 Å². The Morgan fingerprint density at radius 1 is 1.19 bits per heavy atom. The summed E-state index contributed by atoms with van der Waals surface area (Å²) in [6.45, 7) is 2.40. The number of methoxy groups -OCH3 is 1. The molecule has 2 aromatic carbocycles. The quantitative estimate of drug-likeness (QED) is 0.522. The summed E-state index contributed by atoms with van der Waals surface area (Å²) in [6.07, 6.45) is 0. The van der Waals surface area contributed by atoms with Gasteiger partial charge >= 0.3 is 5.63 Å². The van der Waals surface area contributed by atoms with Crippen LogP contribution in [0.1, 0.15) is 24.1 Å². The summed E-state index contributed by atoms with van der Waals surface area (Å²) in [6, 6.07) is 9.40. The summed E-state index contributed by atoms with van der Waals surface area (Å²) in [4.78, 5) is 11.8. The first-order valence-corrected chi connectivity index (χ1v) is 8.73. The van der Waals surface area contributed by atoms with Crippen molar-refractivity contribution in [3.8, 4) is 5.75 Å². The van der Waals surface area contributed by atoms with Crippen molar-refractivity contribution >= 4 is 34.2 Å². The molecule has 4 nitrogen and oxygen atoms in total. The van der Waals surface area contributed by atoms with Gasteiger partial charge in [0.25, 0.3) is 0 Å². The molecule has 0 aliphatic heterocycles. The molecule has 0 unspecified atom stereocenters. The van der Waals surface area contributed by atoms with Gasteiger partial charge in [-0.15, -0.1) is 0 Å². The number of benzene rings is 2. The van der Waals surface area contributed by atoms with Crippen LogP contribution in [0.15, 0.2) is 45.6 Å². The lowest BCUT2D eigenvalue weighted by atomic mass is 10.1. The first-order valence-electron chi connectivity index (χ1n) is 7.97. The van der Waals surface area contributed by atoms with Crippen molar-refractivity contribution in [1.29, 1.82) is 0 Å². The first-order chi connectivity index (χ1) is 12.4. The average molecular weight is 397 g/mol. The topological polar surface area (TPSA) is 56.0 Å². The van der Waals surface area contributed by atoms with E-state index in [0.29, 0.717) is 28.5 Å². The van der Waals surface area contributed by atoms with Crippen molar-refractivity contribution in [3.63, 3.8) is 0 Å². The molecule has 0 amide bonds. The highest BCUT2D eigenvalue weighted by molar-refractivity contribution is 6.35. The van der Waals surface area contributed by atoms with Crippen LogP contribution >= 0.6 is 23.2 Å². The number of halogens is 3. The van der Waals surface area contributed by atoms with E-state index in [2.05, 4.69) is 0 Å². The minimum atomic E-state index is -0.510. The molecule has 0 saturated carbocycles. The Labute approximate surface area is 159 Å². The third kappa shape index (κ3) is 3.85. The summed E-state index contributed by atoms with van der Waals surface area (Å²) in [5.74, 6) is 0.0998. The monoisotopic (exact) mass is 396 g/mol. The van der Waals surface area contributed by atoms with Crippen LogP contribution < -0.4 is 15.7 Å². The maximum absolute atomic E-state index is 13.7. The van der Waals surface area contributed by atoms with Crippen LogP contribution in [0, 0.1) is 5.82 Å². The zero-order valence-corrected chi connectivity index (χ0v) is 15.7. The molecule has 3 aromatic rings. The number of rotatable bonds is 5. The molecule has 1 atom stereocenters. The molecule has 7 heteroatoms. The number of ether oxygens (including phenoxy) is 1. The molecule has 2 N–H and O–H groups in total. The average Bonchev–Trinajstić information content (AvgIpc) is 2.61. The lowest BCUT2D eigenvalue weighted by Gasteiger charge is -2.14. The Morgan fingerprint density at radius 2 is 1.96 bits per heavy atom. The van der Waals surface area contributed by atoms with Crippen LogP contribution in [0.4, 0.5) is 4.39 Å². The highest BCUT2D eigenvalue weighted by Gasteiger charge is 2.17. The van der Waals surface area contributed by atoms with Gasteiger partial charge in [-0.05, 0) is 31.2 Å². The van der Waals surface area contributed by atoms with Gasteiger partial charge in [-0.25, -0.2) is 9.18 Å².